The number of hydrogen-bond donors (Lipinski definition) is 1. The summed E-state index contributed by atoms with van der Waals surface area (Å²) >= 11 is 0. The average Bonchev–Trinajstić information content (AvgIpc) is 2.48. The Morgan fingerprint density at radius 3 is 2.50 bits per heavy atom. The van der Waals surface area contributed by atoms with Crippen molar-refractivity contribution in [1.29, 1.82) is 0 Å². The molecule has 0 aliphatic carbocycles. The van der Waals surface area contributed by atoms with Crippen molar-refractivity contribution in [2.75, 3.05) is 14.2 Å². The van der Waals surface area contributed by atoms with E-state index in [2.05, 4.69) is 49.5 Å². The molecular formula is C18H23NO. The summed E-state index contributed by atoms with van der Waals surface area (Å²) in [6, 6.07) is 15.0. The number of nitrogens with one attached hydrogen (secondary N) is 1. The van der Waals surface area contributed by atoms with Crippen LogP contribution in [0.4, 0.5) is 0 Å². The van der Waals surface area contributed by atoms with E-state index < -0.39 is 0 Å². The normalized spacial score (nSPS) is 12.2. The Kier molecular flexibility index (Phi) is 4.80. The highest BCUT2D eigenvalue weighted by molar-refractivity contribution is 5.39. The fourth-order valence-corrected chi connectivity index (χ4v) is 2.61. The van der Waals surface area contributed by atoms with Gasteiger partial charge in [0.25, 0.3) is 0 Å². The Morgan fingerprint density at radius 1 is 1.05 bits per heavy atom. The monoisotopic (exact) mass is 269 g/mol. The van der Waals surface area contributed by atoms with Gasteiger partial charge >= 0.3 is 0 Å². The lowest BCUT2D eigenvalue weighted by molar-refractivity contribution is 0.406. The second kappa shape index (κ2) is 6.58. The highest BCUT2D eigenvalue weighted by Gasteiger charge is 2.15. The Bertz CT molecular complexity index is 577. The van der Waals surface area contributed by atoms with E-state index in [1.54, 1.807) is 7.11 Å². The summed E-state index contributed by atoms with van der Waals surface area (Å²) in [5, 5.41) is 3.43. The molecule has 0 heterocycles. The molecule has 20 heavy (non-hydrogen) atoms. The van der Waals surface area contributed by atoms with Crippen molar-refractivity contribution in [3.8, 4) is 5.75 Å². The van der Waals surface area contributed by atoms with Gasteiger partial charge in [0, 0.05) is 6.04 Å². The van der Waals surface area contributed by atoms with Crippen LogP contribution in [0.15, 0.2) is 42.5 Å². The van der Waals surface area contributed by atoms with Gasteiger partial charge in [0.2, 0.25) is 0 Å². The molecule has 1 atom stereocenters. The first kappa shape index (κ1) is 14.6. The summed E-state index contributed by atoms with van der Waals surface area (Å²) in [4.78, 5) is 0. The molecule has 2 heteroatoms. The van der Waals surface area contributed by atoms with Gasteiger partial charge in [-0.3, -0.25) is 0 Å². The average molecular weight is 269 g/mol. The van der Waals surface area contributed by atoms with E-state index in [1.807, 2.05) is 19.2 Å². The van der Waals surface area contributed by atoms with E-state index >= 15 is 0 Å². The molecule has 0 aliphatic rings. The Hall–Kier alpha value is -1.80. The highest BCUT2D eigenvalue weighted by atomic mass is 16.5. The Labute approximate surface area is 121 Å². The molecule has 0 aromatic heterocycles. The molecule has 2 rings (SSSR count). The van der Waals surface area contributed by atoms with Crippen LogP contribution < -0.4 is 10.1 Å². The van der Waals surface area contributed by atoms with Gasteiger partial charge in [-0.25, -0.2) is 0 Å². The summed E-state index contributed by atoms with van der Waals surface area (Å²) < 4.78 is 5.45. The van der Waals surface area contributed by atoms with Gasteiger partial charge in [-0.15, -0.1) is 0 Å². The van der Waals surface area contributed by atoms with E-state index in [0.29, 0.717) is 6.04 Å². The summed E-state index contributed by atoms with van der Waals surface area (Å²) in [6.07, 6.45) is 0.921. The molecule has 0 spiro atoms. The van der Waals surface area contributed by atoms with Gasteiger partial charge < -0.3 is 10.1 Å². The number of aryl methyl sites for hydroxylation is 1. The molecule has 0 fully saturated rings. The van der Waals surface area contributed by atoms with Crippen molar-refractivity contribution >= 4 is 0 Å². The van der Waals surface area contributed by atoms with Crippen LogP contribution in [0.3, 0.4) is 0 Å². The molecule has 2 aromatic rings. The molecule has 2 nitrogen and oxygen atoms in total. The molecule has 2 aromatic carbocycles. The quantitative estimate of drug-likeness (QED) is 0.891. The minimum Gasteiger partial charge on any atom is -0.496 e. The van der Waals surface area contributed by atoms with Crippen LogP contribution in [0.2, 0.25) is 0 Å². The Balaban J connectivity index is 2.31. The third-order valence-electron chi connectivity index (χ3n) is 3.99. The van der Waals surface area contributed by atoms with E-state index in [9.17, 15) is 0 Å². The fraction of sp³-hybridized carbons (Fsp3) is 0.333. The SMILES string of the molecule is CNC(Cc1ccccc1OC)c1cccc(C)c1C. The predicted molar refractivity (Wildman–Crippen MR) is 84.4 cm³/mol. The Morgan fingerprint density at radius 2 is 1.80 bits per heavy atom. The zero-order valence-electron chi connectivity index (χ0n) is 12.7. The molecule has 0 saturated carbocycles. The molecule has 0 aliphatic heterocycles. The van der Waals surface area contributed by atoms with E-state index in [-0.39, 0.29) is 0 Å². The highest BCUT2D eigenvalue weighted by Crippen LogP contribution is 2.27. The molecular weight excluding hydrogens is 246 g/mol. The molecule has 0 amide bonds. The zero-order chi connectivity index (χ0) is 14.5. The number of ether oxygens (including phenoxy) is 1. The standard InChI is InChI=1S/C18H23NO/c1-13-8-7-10-16(14(13)2)17(19-3)12-15-9-5-6-11-18(15)20-4/h5-11,17,19H,12H2,1-4H3. The van der Waals surface area contributed by atoms with Crippen molar-refractivity contribution in [2.24, 2.45) is 0 Å². The van der Waals surface area contributed by atoms with Crippen LogP contribution in [-0.2, 0) is 6.42 Å². The summed E-state index contributed by atoms with van der Waals surface area (Å²) in [6.45, 7) is 4.35. The van der Waals surface area contributed by atoms with Crippen molar-refractivity contribution < 1.29 is 4.74 Å². The lowest BCUT2D eigenvalue weighted by Gasteiger charge is -2.21. The summed E-state index contributed by atoms with van der Waals surface area (Å²) in [5.41, 5.74) is 5.29. The number of benzene rings is 2. The predicted octanol–water partition coefficient (Wildman–Crippen LogP) is 3.82. The first-order valence-electron chi connectivity index (χ1n) is 7.02. The van der Waals surface area contributed by atoms with Crippen LogP contribution in [0.1, 0.15) is 28.3 Å². The number of rotatable bonds is 5. The molecule has 0 saturated heterocycles. The molecule has 1 unspecified atom stereocenters. The van der Waals surface area contributed by atoms with Crippen LogP contribution in [0.25, 0.3) is 0 Å². The summed E-state index contributed by atoms with van der Waals surface area (Å²) in [7, 11) is 3.74. The second-order valence-electron chi connectivity index (χ2n) is 5.15. The van der Waals surface area contributed by atoms with Gasteiger partial charge in [0.15, 0.2) is 0 Å². The largest absolute Gasteiger partial charge is 0.496 e. The van der Waals surface area contributed by atoms with Crippen molar-refractivity contribution in [3.63, 3.8) is 0 Å². The van der Waals surface area contributed by atoms with Crippen LogP contribution >= 0.6 is 0 Å². The number of likely N-dealkylation sites (N-methyl/N-ethyl adjacent to an activating group) is 1. The topological polar surface area (TPSA) is 21.3 Å². The third kappa shape index (κ3) is 3.02. The van der Waals surface area contributed by atoms with Crippen LogP contribution in [-0.4, -0.2) is 14.2 Å². The molecule has 1 N–H and O–H groups in total. The van der Waals surface area contributed by atoms with E-state index in [0.717, 1.165) is 12.2 Å². The maximum Gasteiger partial charge on any atom is 0.122 e. The maximum absolute atomic E-state index is 5.45. The van der Waals surface area contributed by atoms with Gasteiger partial charge in [0.05, 0.1) is 7.11 Å². The van der Waals surface area contributed by atoms with Gasteiger partial charge in [-0.05, 0) is 55.6 Å². The van der Waals surface area contributed by atoms with Crippen molar-refractivity contribution in [2.45, 2.75) is 26.3 Å². The van der Waals surface area contributed by atoms with Crippen molar-refractivity contribution in [3.05, 3.63) is 64.7 Å². The minimum atomic E-state index is 0.297. The first-order chi connectivity index (χ1) is 9.67. The molecule has 106 valence electrons. The summed E-state index contributed by atoms with van der Waals surface area (Å²) in [5.74, 6) is 0.957. The number of hydrogen-bond acceptors (Lipinski definition) is 2. The third-order valence-corrected chi connectivity index (χ3v) is 3.99. The first-order valence-corrected chi connectivity index (χ1v) is 7.02. The minimum absolute atomic E-state index is 0.297. The fourth-order valence-electron chi connectivity index (χ4n) is 2.61. The van der Waals surface area contributed by atoms with Gasteiger partial charge in [0.1, 0.15) is 5.75 Å². The second-order valence-corrected chi connectivity index (χ2v) is 5.15. The zero-order valence-corrected chi connectivity index (χ0v) is 12.7. The van der Waals surface area contributed by atoms with E-state index in [1.165, 1.54) is 22.3 Å². The van der Waals surface area contributed by atoms with Gasteiger partial charge in [-0.1, -0.05) is 36.4 Å². The number of para-hydroxylation sites is 1. The van der Waals surface area contributed by atoms with Crippen LogP contribution in [0, 0.1) is 13.8 Å². The maximum atomic E-state index is 5.45. The van der Waals surface area contributed by atoms with E-state index in [4.69, 9.17) is 4.74 Å². The lowest BCUT2D eigenvalue weighted by Crippen LogP contribution is -2.20. The molecule has 0 bridgehead atoms. The smallest absolute Gasteiger partial charge is 0.122 e. The van der Waals surface area contributed by atoms with Crippen LogP contribution in [0.5, 0.6) is 5.75 Å². The number of methoxy groups -OCH3 is 1. The lowest BCUT2D eigenvalue weighted by atomic mass is 9.93. The van der Waals surface area contributed by atoms with Gasteiger partial charge in [-0.2, -0.15) is 0 Å². The van der Waals surface area contributed by atoms with Crippen molar-refractivity contribution in [1.82, 2.24) is 5.32 Å². The molecule has 0 radical (unpaired) electrons.